The average Bonchev–Trinajstić information content (AvgIpc) is 3.39. The first-order valence-corrected chi connectivity index (χ1v) is 11.2. The summed E-state index contributed by atoms with van der Waals surface area (Å²) < 4.78 is 1.74. The van der Waals surface area contributed by atoms with Crippen molar-refractivity contribution >= 4 is 17.5 Å². The van der Waals surface area contributed by atoms with Gasteiger partial charge in [-0.2, -0.15) is 5.10 Å². The van der Waals surface area contributed by atoms with E-state index in [0.29, 0.717) is 17.9 Å². The van der Waals surface area contributed by atoms with E-state index in [4.69, 9.17) is 5.10 Å². The molecule has 1 aromatic carbocycles. The summed E-state index contributed by atoms with van der Waals surface area (Å²) in [5, 5.41) is 12.6. The van der Waals surface area contributed by atoms with E-state index >= 15 is 0 Å². The number of amides is 2. The van der Waals surface area contributed by atoms with Crippen molar-refractivity contribution in [3.05, 3.63) is 59.5 Å². The van der Waals surface area contributed by atoms with Crippen LogP contribution in [0, 0.1) is 5.41 Å². The molecule has 0 bridgehead atoms. The first kappa shape index (κ1) is 20.6. The van der Waals surface area contributed by atoms with E-state index in [9.17, 15) is 9.59 Å². The van der Waals surface area contributed by atoms with Crippen molar-refractivity contribution in [3.8, 4) is 0 Å². The minimum absolute atomic E-state index is 0.0300. The first-order chi connectivity index (χ1) is 15.4. The third-order valence-electron chi connectivity index (χ3n) is 7.03. The fourth-order valence-electron chi connectivity index (χ4n) is 5.02. The Labute approximate surface area is 187 Å². The molecule has 166 valence electrons. The van der Waals surface area contributed by atoms with Gasteiger partial charge in [0.2, 0.25) is 5.91 Å². The van der Waals surface area contributed by atoms with Crippen LogP contribution in [0.3, 0.4) is 0 Å². The number of likely N-dealkylation sites (tertiary alicyclic amines) is 1. The summed E-state index contributed by atoms with van der Waals surface area (Å²) in [5.74, 6) is 0.582. The van der Waals surface area contributed by atoms with Crippen LogP contribution in [0.2, 0.25) is 0 Å². The molecule has 1 saturated heterocycles. The average molecular weight is 433 g/mol. The molecule has 2 unspecified atom stereocenters. The highest BCUT2D eigenvalue weighted by atomic mass is 16.2. The summed E-state index contributed by atoms with van der Waals surface area (Å²) in [6, 6.07) is 11.4. The van der Waals surface area contributed by atoms with Crippen LogP contribution in [0.5, 0.6) is 0 Å². The Morgan fingerprint density at radius 1 is 1.09 bits per heavy atom. The van der Waals surface area contributed by atoms with Gasteiger partial charge in [0.1, 0.15) is 6.33 Å². The number of hydrogen-bond acceptors (Lipinski definition) is 5. The van der Waals surface area contributed by atoms with E-state index in [1.807, 2.05) is 23.1 Å². The van der Waals surface area contributed by atoms with E-state index < -0.39 is 0 Å². The molecule has 0 radical (unpaired) electrons. The lowest BCUT2D eigenvalue weighted by Crippen LogP contribution is -2.33. The maximum Gasteiger partial charge on any atom is 0.253 e. The Kier molecular flexibility index (Phi) is 5.15. The fraction of sp³-hybridized carbons (Fsp3) is 0.458. The van der Waals surface area contributed by atoms with E-state index in [0.717, 1.165) is 55.7 Å². The zero-order valence-electron chi connectivity index (χ0n) is 18.6. The number of carbonyl (C=O) groups is 2. The largest absolute Gasteiger partial charge is 0.345 e. The zero-order chi connectivity index (χ0) is 22.3. The number of fused-ring (bicyclic) bond motifs is 1. The molecule has 2 aromatic heterocycles. The van der Waals surface area contributed by atoms with Crippen molar-refractivity contribution in [2.75, 3.05) is 27.2 Å². The van der Waals surface area contributed by atoms with Crippen molar-refractivity contribution in [3.63, 3.8) is 0 Å². The molecular formula is C24H28N6O2. The van der Waals surface area contributed by atoms with Crippen LogP contribution in [-0.2, 0) is 11.2 Å². The highest BCUT2D eigenvalue weighted by Crippen LogP contribution is 2.64. The standard InChI is InChI=1S/C24H28N6O2/c1-28(2)23(32)18-6-4-17(5-7-18)14-22(31)29-12-3-10-24(11-13-29)15-19(24)20-8-9-21-26-25-16-30(21)27-20/h4-9,16,19H,3,10-15H2,1-2H3. The van der Waals surface area contributed by atoms with Crippen molar-refractivity contribution in [2.24, 2.45) is 5.41 Å². The number of benzene rings is 1. The molecule has 3 aromatic rings. The second-order valence-corrected chi connectivity index (χ2v) is 9.32. The van der Waals surface area contributed by atoms with Crippen molar-refractivity contribution in [1.82, 2.24) is 29.6 Å². The van der Waals surface area contributed by atoms with Gasteiger partial charge in [-0.1, -0.05) is 12.1 Å². The molecule has 8 heteroatoms. The fourth-order valence-corrected chi connectivity index (χ4v) is 5.02. The predicted molar refractivity (Wildman–Crippen MR) is 119 cm³/mol. The first-order valence-electron chi connectivity index (χ1n) is 11.2. The van der Waals surface area contributed by atoms with Crippen LogP contribution in [0.25, 0.3) is 5.65 Å². The van der Waals surface area contributed by atoms with Crippen LogP contribution in [0.1, 0.15) is 53.2 Å². The van der Waals surface area contributed by atoms with Gasteiger partial charge in [-0.05, 0) is 60.9 Å². The van der Waals surface area contributed by atoms with E-state index in [1.165, 1.54) is 0 Å². The summed E-state index contributed by atoms with van der Waals surface area (Å²) in [7, 11) is 3.47. The summed E-state index contributed by atoms with van der Waals surface area (Å²) in [5.41, 5.74) is 3.71. The lowest BCUT2D eigenvalue weighted by Gasteiger charge is -2.21. The van der Waals surface area contributed by atoms with Gasteiger partial charge in [0.15, 0.2) is 5.65 Å². The van der Waals surface area contributed by atoms with E-state index in [1.54, 1.807) is 42.0 Å². The minimum atomic E-state index is -0.0300. The zero-order valence-corrected chi connectivity index (χ0v) is 18.6. The molecule has 0 N–H and O–H groups in total. The molecule has 1 saturated carbocycles. The van der Waals surface area contributed by atoms with Gasteiger partial charge in [0.25, 0.3) is 5.91 Å². The Balaban J connectivity index is 1.20. The molecule has 32 heavy (non-hydrogen) atoms. The lowest BCUT2D eigenvalue weighted by molar-refractivity contribution is -0.130. The van der Waals surface area contributed by atoms with Gasteiger partial charge in [0.05, 0.1) is 12.1 Å². The van der Waals surface area contributed by atoms with Gasteiger partial charge < -0.3 is 9.80 Å². The van der Waals surface area contributed by atoms with Gasteiger partial charge >= 0.3 is 0 Å². The monoisotopic (exact) mass is 432 g/mol. The smallest absolute Gasteiger partial charge is 0.253 e. The van der Waals surface area contributed by atoms with Gasteiger partial charge in [0, 0.05) is 38.7 Å². The van der Waals surface area contributed by atoms with Crippen LogP contribution >= 0.6 is 0 Å². The Morgan fingerprint density at radius 3 is 2.69 bits per heavy atom. The molecule has 8 nitrogen and oxygen atoms in total. The minimum Gasteiger partial charge on any atom is -0.345 e. The quantitative estimate of drug-likeness (QED) is 0.633. The van der Waals surface area contributed by atoms with Crippen LogP contribution in [0.15, 0.2) is 42.7 Å². The number of aromatic nitrogens is 4. The number of carbonyl (C=O) groups excluding carboxylic acids is 2. The van der Waals surface area contributed by atoms with Gasteiger partial charge in [-0.25, -0.2) is 4.52 Å². The molecule has 2 atom stereocenters. The summed E-state index contributed by atoms with van der Waals surface area (Å²) in [4.78, 5) is 28.6. The van der Waals surface area contributed by atoms with Crippen molar-refractivity contribution in [2.45, 2.75) is 38.0 Å². The maximum atomic E-state index is 13.0. The molecule has 1 spiro atoms. The van der Waals surface area contributed by atoms with Crippen LogP contribution < -0.4 is 0 Å². The summed E-state index contributed by atoms with van der Waals surface area (Å²) in [6.45, 7) is 1.60. The molecule has 2 aliphatic rings. The highest BCUT2D eigenvalue weighted by molar-refractivity contribution is 5.94. The summed E-state index contributed by atoms with van der Waals surface area (Å²) >= 11 is 0. The molecular weight excluding hydrogens is 404 g/mol. The second kappa shape index (κ2) is 8.00. The molecule has 1 aliphatic carbocycles. The summed E-state index contributed by atoms with van der Waals surface area (Å²) in [6.07, 6.45) is 6.32. The molecule has 5 rings (SSSR count). The Hall–Kier alpha value is -3.29. The number of nitrogens with zero attached hydrogens (tertiary/aromatic N) is 6. The SMILES string of the molecule is CN(C)C(=O)c1ccc(CC(=O)N2CCCC3(CC2)CC3c2ccc3nncn3n2)cc1. The van der Waals surface area contributed by atoms with Crippen LogP contribution in [0.4, 0.5) is 0 Å². The van der Waals surface area contributed by atoms with E-state index in [-0.39, 0.29) is 17.2 Å². The Bertz CT molecular complexity index is 1150. The van der Waals surface area contributed by atoms with Crippen molar-refractivity contribution in [1.29, 1.82) is 0 Å². The normalized spacial score (nSPS) is 22.7. The third-order valence-corrected chi connectivity index (χ3v) is 7.03. The van der Waals surface area contributed by atoms with Gasteiger partial charge in [-0.15, -0.1) is 10.2 Å². The van der Waals surface area contributed by atoms with E-state index in [2.05, 4.69) is 16.3 Å². The van der Waals surface area contributed by atoms with Gasteiger partial charge in [-0.3, -0.25) is 9.59 Å². The molecule has 2 amide bonds. The predicted octanol–water partition coefficient (Wildman–Crippen LogP) is 2.56. The maximum absolute atomic E-state index is 13.0. The number of hydrogen-bond donors (Lipinski definition) is 0. The Morgan fingerprint density at radius 2 is 1.91 bits per heavy atom. The molecule has 2 fully saturated rings. The molecule has 1 aliphatic heterocycles. The lowest BCUT2D eigenvalue weighted by atomic mass is 9.93. The molecule has 3 heterocycles. The topological polar surface area (TPSA) is 83.7 Å². The number of rotatable bonds is 4. The second-order valence-electron chi connectivity index (χ2n) is 9.32. The van der Waals surface area contributed by atoms with Crippen molar-refractivity contribution < 1.29 is 9.59 Å². The highest BCUT2D eigenvalue weighted by Gasteiger charge is 2.55. The van der Waals surface area contributed by atoms with Crippen LogP contribution in [-0.4, -0.2) is 68.6 Å². The third kappa shape index (κ3) is 3.85.